The van der Waals surface area contributed by atoms with Gasteiger partial charge in [0.2, 0.25) is 5.91 Å². The maximum absolute atomic E-state index is 12.0. The molecule has 0 aliphatic rings. The molecular formula is C15H15ClN2O3S. The molecule has 116 valence electrons. The third kappa shape index (κ3) is 4.05. The monoisotopic (exact) mass is 338 g/mol. The van der Waals surface area contributed by atoms with Crippen LogP contribution in [0.25, 0.3) is 0 Å². The van der Waals surface area contributed by atoms with Gasteiger partial charge < -0.3 is 10.4 Å². The summed E-state index contributed by atoms with van der Waals surface area (Å²) in [6, 6.07) is 6.72. The van der Waals surface area contributed by atoms with Crippen molar-refractivity contribution < 1.29 is 14.7 Å². The number of benzene rings is 1. The number of carbonyl (C=O) groups is 2. The molecule has 1 atom stereocenters. The van der Waals surface area contributed by atoms with Gasteiger partial charge in [0.1, 0.15) is 9.88 Å². The summed E-state index contributed by atoms with van der Waals surface area (Å²) in [7, 11) is 0. The first kappa shape index (κ1) is 16.5. The van der Waals surface area contributed by atoms with Crippen molar-refractivity contribution in [1.82, 2.24) is 10.3 Å². The summed E-state index contributed by atoms with van der Waals surface area (Å²) in [5.74, 6) is -1.15. The first-order valence-electron chi connectivity index (χ1n) is 6.61. The highest BCUT2D eigenvalue weighted by Gasteiger charge is 2.19. The summed E-state index contributed by atoms with van der Waals surface area (Å²) in [5.41, 5.74) is 1.32. The summed E-state index contributed by atoms with van der Waals surface area (Å²) in [6.45, 7) is 3.43. The fraction of sp³-hybridized carbons (Fsp3) is 0.267. The van der Waals surface area contributed by atoms with E-state index in [-0.39, 0.29) is 23.2 Å². The number of aryl methyl sites for hydroxylation is 1. The van der Waals surface area contributed by atoms with E-state index >= 15 is 0 Å². The lowest BCUT2D eigenvalue weighted by Crippen LogP contribution is -2.28. The zero-order valence-corrected chi connectivity index (χ0v) is 13.7. The van der Waals surface area contributed by atoms with E-state index < -0.39 is 5.97 Å². The maximum atomic E-state index is 12.0. The van der Waals surface area contributed by atoms with E-state index in [4.69, 9.17) is 16.7 Å². The van der Waals surface area contributed by atoms with Gasteiger partial charge in [0.15, 0.2) is 0 Å². The van der Waals surface area contributed by atoms with Gasteiger partial charge in [-0.2, -0.15) is 0 Å². The molecule has 1 amide bonds. The molecule has 2 rings (SSSR count). The minimum absolute atomic E-state index is 0.153. The number of amides is 1. The highest BCUT2D eigenvalue weighted by molar-refractivity contribution is 7.13. The van der Waals surface area contributed by atoms with E-state index in [2.05, 4.69) is 10.3 Å². The Bertz CT molecular complexity index is 697. The van der Waals surface area contributed by atoms with E-state index in [1.807, 2.05) is 0 Å². The molecule has 0 spiro atoms. The highest BCUT2D eigenvalue weighted by atomic mass is 35.5. The van der Waals surface area contributed by atoms with Crippen LogP contribution in [0.3, 0.4) is 0 Å². The molecule has 0 aliphatic carbocycles. The van der Waals surface area contributed by atoms with Crippen molar-refractivity contribution in [3.8, 4) is 0 Å². The number of aromatic carboxylic acids is 1. The molecule has 0 bridgehead atoms. The Balaban J connectivity index is 2.00. The third-order valence-corrected chi connectivity index (χ3v) is 4.61. The normalized spacial score (nSPS) is 12.0. The molecule has 7 heteroatoms. The van der Waals surface area contributed by atoms with Crippen LogP contribution in [0.5, 0.6) is 0 Å². The summed E-state index contributed by atoms with van der Waals surface area (Å²) >= 11 is 6.88. The van der Waals surface area contributed by atoms with Crippen LogP contribution in [0, 0.1) is 6.92 Å². The van der Waals surface area contributed by atoms with Crippen LogP contribution in [0.4, 0.5) is 0 Å². The third-order valence-electron chi connectivity index (χ3n) is 3.03. The number of rotatable bonds is 5. The van der Waals surface area contributed by atoms with Crippen LogP contribution >= 0.6 is 22.9 Å². The number of carbonyl (C=O) groups excluding carboxylic acids is 1. The number of carboxylic acids is 1. The molecule has 2 aromatic rings. The second kappa shape index (κ2) is 6.89. The first-order chi connectivity index (χ1) is 10.4. The molecule has 1 heterocycles. The predicted molar refractivity (Wildman–Crippen MR) is 85.5 cm³/mol. The van der Waals surface area contributed by atoms with E-state index in [0.29, 0.717) is 15.7 Å². The number of carboxylic acid groups (broad SMARTS) is 1. The molecule has 2 N–H and O–H groups in total. The van der Waals surface area contributed by atoms with Crippen LogP contribution in [0.2, 0.25) is 5.02 Å². The molecule has 22 heavy (non-hydrogen) atoms. The lowest BCUT2D eigenvalue weighted by molar-refractivity contribution is -0.121. The molecule has 0 saturated heterocycles. The average Bonchev–Trinajstić information content (AvgIpc) is 2.83. The van der Waals surface area contributed by atoms with Gasteiger partial charge in [0.05, 0.1) is 18.2 Å². The Labute approximate surface area is 137 Å². The van der Waals surface area contributed by atoms with Crippen LogP contribution in [0.15, 0.2) is 24.3 Å². The Kier molecular flexibility index (Phi) is 5.15. The minimum atomic E-state index is -0.999. The number of halogens is 1. The lowest BCUT2D eigenvalue weighted by atomic mass is 10.1. The second-order valence-electron chi connectivity index (χ2n) is 4.86. The van der Waals surface area contributed by atoms with E-state index in [0.717, 1.165) is 16.9 Å². The standard InChI is InChI=1S/C15H15ClN2O3S/c1-8-13(15(20)21)22-14(18-8)9(2)17-12(19)7-10-3-5-11(16)6-4-10/h3-6,9H,7H2,1-2H3,(H,17,19)(H,20,21). The molecule has 0 fully saturated rings. The van der Waals surface area contributed by atoms with Crippen molar-refractivity contribution in [2.24, 2.45) is 0 Å². The molecule has 1 unspecified atom stereocenters. The molecular weight excluding hydrogens is 324 g/mol. The molecule has 1 aromatic heterocycles. The zero-order chi connectivity index (χ0) is 16.3. The van der Waals surface area contributed by atoms with Gasteiger partial charge in [-0.3, -0.25) is 4.79 Å². The fourth-order valence-corrected chi connectivity index (χ4v) is 2.98. The fourth-order valence-electron chi connectivity index (χ4n) is 1.94. The van der Waals surface area contributed by atoms with Gasteiger partial charge in [-0.15, -0.1) is 11.3 Å². The van der Waals surface area contributed by atoms with Crippen LogP contribution in [0.1, 0.15) is 38.9 Å². The van der Waals surface area contributed by atoms with Crippen LogP contribution in [-0.4, -0.2) is 22.0 Å². The van der Waals surface area contributed by atoms with Crippen LogP contribution in [-0.2, 0) is 11.2 Å². The molecule has 0 radical (unpaired) electrons. The Hall–Kier alpha value is -1.92. The van der Waals surface area contributed by atoms with Gasteiger partial charge >= 0.3 is 5.97 Å². The van der Waals surface area contributed by atoms with Crippen molar-refractivity contribution in [3.63, 3.8) is 0 Å². The number of aromatic nitrogens is 1. The first-order valence-corrected chi connectivity index (χ1v) is 7.80. The summed E-state index contributed by atoms with van der Waals surface area (Å²) in [5, 5.41) is 13.1. The number of nitrogens with one attached hydrogen (secondary N) is 1. The number of hydrogen-bond acceptors (Lipinski definition) is 4. The SMILES string of the molecule is Cc1nc(C(C)NC(=O)Cc2ccc(Cl)cc2)sc1C(=O)O. The van der Waals surface area contributed by atoms with Gasteiger partial charge in [0.25, 0.3) is 0 Å². The molecule has 0 saturated carbocycles. The molecule has 1 aromatic carbocycles. The van der Waals surface area contributed by atoms with E-state index in [1.54, 1.807) is 38.1 Å². The van der Waals surface area contributed by atoms with Crippen LogP contribution < -0.4 is 5.32 Å². The molecule has 0 aliphatic heterocycles. The average molecular weight is 339 g/mol. The number of hydrogen-bond donors (Lipinski definition) is 2. The van der Waals surface area contributed by atoms with Gasteiger partial charge in [-0.1, -0.05) is 23.7 Å². The number of nitrogens with zero attached hydrogens (tertiary/aromatic N) is 1. The second-order valence-corrected chi connectivity index (χ2v) is 6.33. The topological polar surface area (TPSA) is 79.3 Å². The summed E-state index contributed by atoms with van der Waals surface area (Å²) < 4.78 is 0. The van der Waals surface area contributed by atoms with Gasteiger partial charge in [0, 0.05) is 5.02 Å². The van der Waals surface area contributed by atoms with Crippen molar-refractivity contribution in [2.75, 3.05) is 0 Å². The Morgan fingerprint density at radius 1 is 1.36 bits per heavy atom. The van der Waals surface area contributed by atoms with E-state index in [1.165, 1.54) is 0 Å². The largest absolute Gasteiger partial charge is 0.477 e. The predicted octanol–water partition coefficient (Wildman–Crippen LogP) is 3.22. The zero-order valence-electron chi connectivity index (χ0n) is 12.1. The Morgan fingerprint density at radius 2 is 2.00 bits per heavy atom. The summed E-state index contributed by atoms with van der Waals surface area (Å²) in [4.78, 5) is 27.5. The van der Waals surface area contributed by atoms with Crippen molar-refractivity contribution in [2.45, 2.75) is 26.3 Å². The molecule has 5 nitrogen and oxygen atoms in total. The quantitative estimate of drug-likeness (QED) is 0.877. The Morgan fingerprint density at radius 3 is 2.55 bits per heavy atom. The highest BCUT2D eigenvalue weighted by Crippen LogP contribution is 2.23. The smallest absolute Gasteiger partial charge is 0.347 e. The van der Waals surface area contributed by atoms with Gasteiger partial charge in [-0.25, -0.2) is 9.78 Å². The van der Waals surface area contributed by atoms with Crippen molar-refractivity contribution >= 4 is 34.8 Å². The summed E-state index contributed by atoms with van der Waals surface area (Å²) in [6.07, 6.45) is 0.234. The minimum Gasteiger partial charge on any atom is -0.477 e. The lowest BCUT2D eigenvalue weighted by Gasteiger charge is -2.11. The van der Waals surface area contributed by atoms with E-state index in [9.17, 15) is 9.59 Å². The van der Waals surface area contributed by atoms with Crippen molar-refractivity contribution in [3.05, 3.63) is 50.4 Å². The van der Waals surface area contributed by atoms with Crippen molar-refractivity contribution in [1.29, 1.82) is 0 Å². The number of thiazole rings is 1. The van der Waals surface area contributed by atoms with Gasteiger partial charge in [-0.05, 0) is 31.5 Å². The maximum Gasteiger partial charge on any atom is 0.347 e.